The molecule has 1 fully saturated rings. The van der Waals surface area contributed by atoms with Crippen LogP contribution in [-0.2, 0) is 11.3 Å². The lowest BCUT2D eigenvalue weighted by Gasteiger charge is -2.15. The summed E-state index contributed by atoms with van der Waals surface area (Å²) < 4.78 is 14.0. The van der Waals surface area contributed by atoms with Crippen LogP contribution >= 0.6 is 27.7 Å². The van der Waals surface area contributed by atoms with E-state index in [4.69, 9.17) is 0 Å². The molecule has 0 radical (unpaired) electrons. The Morgan fingerprint density at radius 2 is 1.88 bits per heavy atom. The summed E-state index contributed by atoms with van der Waals surface area (Å²) in [6.07, 6.45) is 1.64. The first-order chi connectivity index (χ1) is 12.0. The Hall–Kier alpha value is -1.99. The number of carbonyl (C=O) groups is 1. The van der Waals surface area contributed by atoms with Gasteiger partial charge in [0.25, 0.3) is 0 Å². The van der Waals surface area contributed by atoms with Crippen molar-refractivity contribution in [2.45, 2.75) is 18.7 Å². The van der Waals surface area contributed by atoms with Crippen molar-refractivity contribution in [3.63, 3.8) is 0 Å². The highest BCUT2D eigenvalue weighted by atomic mass is 79.9. The number of thioether (sulfide) groups is 1. The first-order valence-corrected chi connectivity index (χ1v) is 9.29. The van der Waals surface area contributed by atoms with Crippen LogP contribution < -0.4 is 0 Å². The number of rotatable bonds is 4. The molecule has 2 aromatic rings. The molecule has 1 heterocycles. The van der Waals surface area contributed by atoms with Crippen LogP contribution in [0.4, 0.5) is 4.39 Å². The summed E-state index contributed by atoms with van der Waals surface area (Å²) in [7, 11) is 0. The van der Waals surface area contributed by atoms with E-state index in [1.54, 1.807) is 23.2 Å². The maximum atomic E-state index is 13.0. The highest BCUT2D eigenvalue weighted by Crippen LogP contribution is 2.28. The molecule has 25 heavy (non-hydrogen) atoms. The number of hydrogen-bond donors (Lipinski definition) is 0. The second-order valence-corrected chi connectivity index (χ2v) is 7.71. The van der Waals surface area contributed by atoms with Gasteiger partial charge in [-0.15, -0.1) is 5.10 Å². The molecule has 0 aliphatic carbocycles. The van der Waals surface area contributed by atoms with Crippen LogP contribution in [0.3, 0.4) is 0 Å². The van der Waals surface area contributed by atoms with Crippen LogP contribution in [0.2, 0.25) is 0 Å². The summed E-state index contributed by atoms with van der Waals surface area (Å²) in [5.41, 5.74) is 1.76. The minimum atomic E-state index is -0.299. The van der Waals surface area contributed by atoms with E-state index >= 15 is 0 Å². The standard InChI is InChI=1S/C18H15BrFN3OS/c1-12-17(24)23(11-14-4-8-16(20)9-5-14)18(25-12)22-21-10-13-2-6-15(19)7-3-13/h2-10,12H,11H2,1H3/b21-10-,22-18+/t12-/m1/s1. The van der Waals surface area contributed by atoms with E-state index in [-0.39, 0.29) is 17.0 Å². The molecule has 1 aliphatic heterocycles. The number of benzene rings is 2. The highest BCUT2D eigenvalue weighted by molar-refractivity contribution is 9.10. The Morgan fingerprint density at radius 3 is 2.56 bits per heavy atom. The molecule has 0 spiro atoms. The highest BCUT2D eigenvalue weighted by Gasteiger charge is 2.35. The van der Waals surface area contributed by atoms with E-state index in [9.17, 15) is 9.18 Å². The van der Waals surface area contributed by atoms with Crippen molar-refractivity contribution < 1.29 is 9.18 Å². The molecule has 3 rings (SSSR count). The lowest BCUT2D eigenvalue weighted by atomic mass is 10.2. The lowest BCUT2D eigenvalue weighted by Crippen LogP contribution is -2.30. The van der Waals surface area contributed by atoms with E-state index in [1.165, 1.54) is 23.9 Å². The van der Waals surface area contributed by atoms with Gasteiger partial charge in [0.05, 0.1) is 18.0 Å². The normalized spacial score (nSPS) is 19.3. The third-order valence-corrected chi connectivity index (χ3v) is 5.20. The molecule has 0 aromatic heterocycles. The average molecular weight is 420 g/mol. The summed E-state index contributed by atoms with van der Waals surface area (Å²) >= 11 is 4.75. The minimum absolute atomic E-state index is 0.0214. The number of hydrogen-bond acceptors (Lipinski definition) is 4. The summed E-state index contributed by atoms with van der Waals surface area (Å²) in [5, 5.41) is 8.65. The zero-order valence-corrected chi connectivity index (χ0v) is 15.8. The van der Waals surface area contributed by atoms with E-state index in [0.717, 1.165) is 15.6 Å². The van der Waals surface area contributed by atoms with E-state index < -0.39 is 0 Å². The third-order valence-electron chi connectivity index (χ3n) is 3.60. The molecule has 1 amide bonds. The maximum absolute atomic E-state index is 13.0. The fraction of sp³-hybridized carbons (Fsp3) is 0.167. The molecule has 0 unspecified atom stereocenters. The van der Waals surface area contributed by atoms with Crippen molar-refractivity contribution >= 4 is 45.0 Å². The first-order valence-electron chi connectivity index (χ1n) is 7.62. The van der Waals surface area contributed by atoms with Crippen LogP contribution in [0.25, 0.3) is 0 Å². The molecule has 0 bridgehead atoms. The quantitative estimate of drug-likeness (QED) is 0.542. The zero-order chi connectivity index (χ0) is 17.8. The molecule has 128 valence electrons. The monoisotopic (exact) mass is 419 g/mol. The molecule has 1 atom stereocenters. The largest absolute Gasteiger partial charge is 0.284 e. The second kappa shape index (κ2) is 7.93. The number of halogens is 2. The van der Waals surface area contributed by atoms with Crippen LogP contribution in [0.1, 0.15) is 18.1 Å². The van der Waals surface area contributed by atoms with E-state index in [0.29, 0.717) is 11.7 Å². The molecule has 1 aliphatic rings. The molecule has 0 saturated carbocycles. The van der Waals surface area contributed by atoms with E-state index in [1.807, 2.05) is 31.2 Å². The molecule has 2 aromatic carbocycles. The fourth-order valence-corrected chi connectivity index (χ4v) is 3.46. The van der Waals surface area contributed by atoms with Crippen molar-refractivity contribution in [2.75, 3.05) is 0 Å². The van der Waals surface area contributed by atoms with Crippen molar-refractivity contribution in [3.8, 4) is 0 Å². The van der Waals surface area contributed by atoms with Gasteiger partial charge in [-0.2, -0.15) is 5.10 Å². The van der Waals surface area contributed by atoms with Gasteiger partial charge in [0.2, 0.25) is 5.91 Å². The summed E-state index contributed by atoms with van der Waals surface area (Å²) in [6.45, 7) is 2.19. The zero-order valence-electron chi connectivity index (χ0n) is 13.4. The second-order valence-electron chi connectivity index (χ2n) is 5.49. The Labute approximate surface area is 158 Å². The van der Waals surface area contributed by atoms with Gasteiger partial charge in [-0.25, -0.2) is 4.39 Å². The van der Waals surface area contributed by atoms with Crippen molar-refractivity contribution in [2.24, 2.45) is 10.2 Å². The third kappa shape index (κ3) is 4.55. The van der Waals surface area contributed by atoms with Gasteiger partial charge in [0.15, 0.2) is 5.17 Å². The summed E-state index contributed by atoms with van der Waals surface area (Å²) in [5.74, 6) is -0.320. The van der Waals surface area contributed by atoms with Crippen LogP contribution in [0, 0.1) is 5.82 Å². The number of nitrogens with zero attached hydrogens (tertiary/aromatic N) is 3. The smallest absolute Gasteiger partial charge is 0.242 e. The predicted octanol–water partition coefficient (Wildman–Crippen LogP) is 4.44. The molecular formula is C18H15BrFN3OS. The van der Waals surface area contributed by atoms with Gasteiger partial charge in [0.1, 0.15) is 5.82 Å². The van der Waals surface area contributed by atoms with E-state index in [2.05, 4.69) is 26.1 Å². The minimum Gasteiger partial charge on any atom is -0.284 e. The Kier molecular flexibility index (Phi) is 5.65. The molecule has 4 nitrogen and oxygen atoms in total. The number of carbonyl (C=O) groups excluding carboxylic acids is 1. The Balaban J connectivity index is 1.76. The molecule has 1 saturated heterocycles. The first kappa shape index (κ1) is 17.8. The molecular weight excluding hydrogens is 405 g/mol. The number of amides is 1. The van der Waals surface area contributed by atoms with Crippen LogP contribution in [0.5, 0.6) is 0 Å². The summed E-state index contributed by atoms with van der Waals surface area (Å²) in [6, 6.07) is 13.8. The van der Waals surface area contributed by atoms with Gasteiger partial charge in [-0.05, 0) is 42.3 Å². The molecule has 7 heteroatoms. The Bertz CT molecular complexity index is 821. The Morgan fingerprint density at radius 1 is 1.20 bits per heavy atom. The SMILES string of the molecule is C[C@H]1S/C(=N/N=C\c2ccc(Br)cc2)N(Cc2ccc(F)cc2)C1=O. The van der Waals surface area contributed by atoms with Crippen molar-refractivity contribution in [3.05, 3.63) is 69.9 Å². The predicted molar refractivity (Wildman–Crippen MR) is 103 cm³/mol. The van der Waals surface area contributed by atoms with Gasteiger partial charge in [-0.1, -0.05) is 52.0 Å². The maximum Gasteiger partial charge on any atom is 0.242 e. The lowest BCUT2D eigenvalue weighted by molar-refractivity contribution is -0.126. The molecule has 0 N–H and O–H groups in total. The fourth-order valence-electron chi connectivity index (χ4n) is 2.28. The van der Waals surface area contributed by atoms with Gasteiger partial charge in [-0.3, -0.25) is 9.69 Å². The number of amidine groups is 1. The van der Waals surface area contributed by atoms with Crippen molar-refractivity contribution in [1.29, 1.82) is 0 Å². The van der Waals surface area contributed by atoms with Crippen LogP contribution in [0.15, 0.2) is 63.2 Å². The van der Waals surface area contributed by atoms with Gasteiger partial charge < -0.3 is 0 Å². The average Bonchev–Trinajstić information content (AvgIpc) is 2.86. The van der Waals surface area contributed by atoms with Crippen LogP contribution in [-0.4, -0.2) is 27.4 Å². The topological polar surface area (TPSA) is 45.0 Å². The van der Waals surface area contributed by atoms with Gasteiger partial charge >= 0.3 is 0 Å². The van der Waals surface area contributed by atoms with Crippen molar-refractivity contribution in [1.82, 2.24) is 4.90 Å². The van der Waals surface area contributed by atoms with Gasteiger partial charge in [0, 0.05) is 4.47 Å². The summed E-state index contributed by atoms with van der Waals surface area (Å²) in [4.78, 5) is 13.9.